The van der Waals surface area contributed by atoms with E-state index in [2.05, 4.69) is 4.98 Å². The molecule has 0 saturated heterocycles. The Morgan fingerprint density at radius 3 is 2.77 bits per heavy atom. The highest BCUT2D eigenvalue weighted by atomic mass is 32.2. The van der Waals surface area contributed by atoms with Gasteiger partial charge in [-0.15, -0.1) is 0 Å². The van der Waals surface area contributed by atoms with Gasteiger partial charge in [0.1, 0.15) is 0 Å². The van der Waals surface area contributed by atoms with Crippen molar-refractivity contribution in [3.63, 3.8) is 0 Å². The average molecular weight is 218 g/mol. The molecule has 0 aromatic carbocycles. The summed E-state index contributed by atoms with van der Waals surface area (Å²) < 4.78 is 13.8. The Balaban J connectivity index is 2.80. The molecule has 3 nitrogen and oxygen atoms in total. The van der Waals surface area contributed by atoms with Gasteiger partial charge in [-0.05, 0) is 26.1 Å². The number of aromatic amines is 1. The first-order chi connectivity index (χ1) is 6.00. The van der Waals surface area contributed by atoms with Crippen LogP contribution >= 0.6 is 12.2 Å². The minimum Gasteiger partial charge on any atom is -0.335 e. The molecule has 74 valence electrons. The third-order valence-corrected chi connectivity index (χ3v) is 3.55. The lowest BCUT2D eigenvalue weighted by atomic mass is 10.4. The number of H-pyrrole nitrogens is 1. The maximum atomic E-state index is 11.1. The molecule has 0 spiro atoms. The molecule has 0 aliphatic carbocycles. The molecule has 0 radical (unpaired) electrons. The highest BCUT2D eigenvalue weighted by molar-refractivity contribution is 7.84. The van der Waals surface area contributed by atoms with E-state index in [1.807, 2.05) is 24.6 Å². The summed E-state index contributed by atoms with van der Waals surface area (Å²) in [5, 5.41) is 0.141. The zero-order chi connectivity index (χ0) is 10.0. The predicted molar refractivity (Wildman–Crippen MR) is 57.9 cm³/mol. The van der Waals surface area contributed by atoms with Gasteiger partial charge >= 0.3 is 0 Å². The van der Waals surface area contributed by atoms with E-state index in [1.54, 1.807) is 6.26 Å². The Bertz CT molecular complexity index is 366. The fourth-order valence-electron chi connectivity index (χ4n) is 1.08. The van der Waals surface area contributed by atoms with Crippen molar-refractivity contribution in [3.05, 3.63) is 16.7 Å². The Hall–Kier alpha value is -0.420. The molecule has 1 heterocycles. The van der Waals surface area contributed by atoms with Crippen LogP contribution in [0, 0.1) is 11.7 Å². The van der Waals surface area contributed by atoms with Crippen molar-refractivity contribution in [2.75, 3.05) is 6.26 Å². The smallest absolute Gasteiger partial charge is 0.177 e. The van der Waals surface area contributed by atoms with Crippen LogP contribution in [0.5, 0.6) is 0 Å². The SMILES string of the molecule is Cc1cn(CC(C)S(C)=O)c(=S)[nH]1. The second kappa shape index (κ2) is 4.19. The summed E-state index contributed by atoms with van der Waals surface area (Å²) in [5.41, 5.74) is 1.04. The third-order valence-electron chi connectivity index (χ3n) is 1.93. The molecular weight excluding hydrogens is 204 g/mol. The van der Waals surface area contributed by atoms with E-state index >= 15 is 0 Å². The van der Waals surface area contributed by atoms with E-state index in [1.165, 1.54) is 0 Å². The molecule has 0 bridgehead atoms. The second-order valence-electron chi connectivity index (χ2n) is 3.20. The maximum Gasteiger partial charge on any atom is 0.177 e. The molecule has 1 aromatic heterocycles. The minimum atomic E-state index is -0.791. The van der Waals surface area contributed by atoms with Crippen molar-refractivity contribution < 1.29 is 4.21 Å². The Morgan fingerprint density at radius 2 is 2.38 bits per heavy atom. The van der Waals surface area contributed by atoms with Crippen molar-refractivity contribution in [1.82, 2.24) is 9.55 Å². The summed E-state index contributed by atoms with van der Waals surface area (Å²) in [6, 6.07) is 0. The first-order valence-corrected chi connectivity index (χ1v) is 6.12. The van der Waals surface area contributed by atoms with Gasteiger partial charge in [-0.25, -0.2) is 0 Å². The minimum absolute atomic E-state index is 0.141. The zero-order valence-electron chi connectivity index (χ0n) is 8.03. The summed E-state index contributed by atoms with van der Waals surface area (Å²) in [6.07, 6.45) is 3.67. The fraction of sp³-hybridized carbons (Fsp3) is 0.625. The lowest BCUT2D eigenvalue weighted by molar-refractivity contribution is 0.639. The lowest BCUT2D eigenvalue weighted by Gasteiger charge is -2.08. The number of nitrogens with zero attached hydrogens (tertiary/aromatic N) is 1. The van der Waals surface area contributed by atoms with Gasteiger partial charge in [0.2, 0.25) is 0 Å². The highest BCUT2D eigenvalue weighted by Gasteiger charge is 2.07. The predicted octanol–water partition coefficient (Wildman–Crippen LogP) is 1.62. The van der Waals surface area contributed by atoms with Crippen molar-refractivity contribution in [1.29, 1.82) is 0 Å². The standard InChI is InChI=1S/C8H14N2OS2/c1-6-4-10(8(12)9-6)5-7(2)13(3)11/h4,7H,5H2,1-3H3,(H,9,12). The van der Waals surface area contributed by atoms with E-state index in [0.29, 0.717) is 11.3 Å². The van der Waals surface area contributed by atoms with E-state index < -0.39 is 10.8 Å². The van der Waals surface area contributed by atoms with Gasteiger partial charge in [0, 0.05) is 40.7 Å². The second-order valence-corrected chi connectivity index (χ2v) is 5.39. The third kappa shape index (κ3) is 2.77. The van der Waals surface area contributed by atoms with E-state index in [0.717, 1.165) is 5.69 Å². The number of aromatic nitrogens is 2. The van der Waals surface area contributed by atoms with Crippen molar-refractivity contribution in [3.8, 4) is 0 Å². The molecule has 2 unspecified atom stereocenters. The van der Waals surface area contributed by atoms with Gasteiger partial charge in [0.25, 0.3) is 0 Å². The van der Waals surface area contributed by atoms with Crippen LogP contribution in [-0.2, 0) is 17.3 Å². The van der Waals surface area contributed by atoms with Crippen molar-refractivity contribution in [2.45, 2.75) is 25.6 Å². The molecule has 1 rings (SSSR count). The van der Waals surface area contributed by atoms with E-state index in [-0.39, 0.29) is 5.25 Å². The number of nitrogens with one attached hydrogen (secondary N) is 1. The lowest BCUT2D eigenvalue weighted by Crippen LogP contribution is -2.16. The van der Waals surface area contributed by atoms with Gasteiger partial charge in [-0.3, -0.25) is 4.21 Å². The van der Waals surface area contributed by atoms with Gasteiger partial charge in [0.05, 0.1) is 0 Å². The molecule has 0 fully saturated rings. The van der Waals surface area contributed by atoms with Gasteiger partial charge < -0.3 is 9.55 Å². The van der Waals surface area contributed by atoms with Crippen LogP contribution in [0.4, 0.5) is 0 Å². The van der Waals surface area contributed by atoms with Crippen LogP contribution in [0.15, 0.2) is 6.20 Å². The Labute approximate surface area is 85.6 Å². The number of aryl methyl sites for hydroxylation is 1. The summed E-state index contributed by atoms with van der Waals surface area (Å²) >= 11 is 5.09. The monoisotopic (exact) mass is 218 g/mol. The van der Waals surface area contributed by atoms with E-state index in [4.69, 9.17) is 12.2 Å². The van der Waals surface area contributed by atoms with Crippen molar-refractivity contribution >= 4 is 23.0 Å². The summed E-state index contributed by atoms with van der Waals surface area (Å²) in [7, 11) is -0.791. The molecule has 0 aliphatic rings. The molecule has 5 heteroatoms. The molecule has 2 atom stereocenters. The zero-order valence-corrected chi connectivity index (χ0v) is 9.67. The number of imidazole rings is 1. The van der Waals surface area contributed by atoms with Gasteiger partial charge in [-0.1, -0.05) is 0 Å². The van der Waals surface area contributed by atoms with E-state index in [9.17, 15) is 4.21 Å². The van der Waals surface area contributed by atoms with Crippen LogP contribution in [-0.4, -0.2) is 25.3 Å². The highest BCUT2D eigenvalue weighted by Crippen LogP contribution is 2.02. The van der Waals surface area contributed by atoms with Crippen LogP contribution in [0.25, 0.3) is 0 Å². The summed E-state index contributed by atoms with van der Waals surface area (Å²) in [6.45, 7) is 4.63. The molecule has 1 aromatic rings. The van der Waals surface area contributed by atoms with Crippen LogP contribution in [0.3, 0.4) is 0 Å². The molecule has 1 N–H and O–H groups in total. The van der Waals surface area contributed by atoms with Crippen LogP contribution in [0.2, 0.25) is 0 Å². The van der Waals surface area contributed by atoms with Crippen molar-refractivity contribution in [2.24, 2.45) is 0 Å². The maximum absolute atomic E-state index is 11.1. The first-order valence-electron chi connectivity index (χ1n) is 4.09. The topological polar surface area (TPSA) is 37.8 Å². The normalized spacial score (nSPS) is 15.6. The van der Waals surface area contributed by atoms with Gasteiger partial charge in [-0.2, -0.15) is 0 Å². The molecule has 0 aliphatic heterocycles. The Kier molecular flexibility index (Phi) is 3.44. The molecule has 13 heavy (non-hydrogen) atoms. The largest absolute Gasteiger partial charge is 0.335 e. The van der Waals surface area contributed by atoms with Crippen LogP contribution in [0.1, 0.15) is 12.6 Å². The van der Waals surface area contributed by atoms with Gasteiger partial charge in [0.15, 0.2) is 4.77 Å². The molecular formula is C8H14N2OS2. The quantitative estimate of drug-likeness (QED) is 0.783. The first kappa shape index (κ1) is 10.7. The number of hydrogen-bond acceptors (Lipinski definition) is 2. The number of rotatable bonds is 3. The summed E-state index contributed by atoms with van der Waals surface area (Å²) in [4.78, 5) is 3.03. The van der Waals surface area contributed by atoms with Crippen LogP contribution < -0.4 is 0 Å². The summed E-state index contributed by atoms with van der Waals surface area (Å²) in [5.74, 6) is 0. The Morgan fingerprint density at radius 1 is 1.77 bits per heavy atom. The molecule has 0 saturated carbocycles. The molecule has 0 amide bonds. The average Bonchev–Trinajstić information content (AvgIpc) is 2.30. The fourth-order valence-corrected chi connectivity index (χ4v) is 1.74. The number of hydrogen-bond donors (Lipinski definition) is 1.